The molecular formula is C20H19N5O2. The first-order valence-corrected chi connectivity index (χ1v) is 8.57. The Morgan fingerprint density at radius 2 is 2.15 bits per heavy atom. The Hall–Kier alpha value is -3.42. The Morgan fingerprint density at radius 1 is 1.33 bits per heavy atom. The molecule has 3 rings (SSSR count). The monoisotopic (exact) mass is 361 g/mol. The molecule has 0 aliphatic carbocycles. The van der Waals surface area contributed by atoms with Crippen molar-refractivity contribution in [3.05, 3.63) is 53.9 Å². The molecule has 1 N–H and O–H groups in total. The zero-order valence-corrected chi connectivity index (χ0v) is 14.9. The van der Waals surface area contributed by atoms with Gasteiger partial charge in [-0.2, -0.15) is 10.5 Å². The number of aromatic nitrogens is 1. The van der Waals surface area contributed by atoms with Crippen molar-refractivity contribution in [2.45, 2.75) is 18.5 Å². The third-order valence-electron chi connectivity index (χ3n) is 4.55. The van der Waals surface area contributed by atoms with Gasteiger partial charge in [0.15, 0.2) is 6.19 Å². The van der Waals surface area contributed by atoms with E-state index >= 15 is 0 Å². The maximum absolute atomic E-state index is 12.6. The number of nitrogens with zero attached hydrogens (tertiary/aromatic N) is 4. The lowest BCUT2D eigenvalue weighted by atomic mass is 10.0. The summed E-state index contributed by atoms with van der Waals surface area (Å²) < 4.78 is 5.14. The highest BCUT2D eigenvalue weighted by Gasteiger charge is 2.32. The minimum atomic E-state index is -0.283. The van der Waals surface area contributed by atoms with Crippen molar-refractivity contribution in [1.29, 1.82) is 10.5 Å². The number of rotatable bonds is 5. The van der Waals surface area contributed by atoms with Crippen LogP contribution in [0, 0.1) is 22.8 Å². The molecule has 27 heavy (non-hydrogen) atoms. The van der Waals surface area contributed by atoms with E-state index in [1.54, 1.807) is 48.5 Å². The number of carbonyl (C=O) groups is 1. The predicted octanol–water partition coefficient (Wildman–Crippen LogP) is 1.92. The first-order valence-electron chi connectivity index (χ1n) is 8.57. The van der Waals surface area contributed by atoms with Gasteiger partial charge in [0.2, 0.25) is 0 Å². The quantitative estimate of drug-likeness (QED) is 0.816. The SMILES string of the molecule is COC[C@@H]1C[C@@H](NC(=O)c2cc(-c3cccc(C#N)c3)ccn2)CN1C#N. The molecule has 2 heterocycles. The van der Waals surface area contributed by atoms with E-state index in [0.717, 1.165) is 11.1 Å². The van der Waals surface area contributed by atoms with E-state index in [1.165, 1.54) is 0 Å². The number of methoxy groups -OCH3 is 1. The summed E-state index contributed by atoms with van der Waals surface area (Å²) in [6, 6.07) is 12.6. The van der Waals surface area contributed by atoms with E-state index in [2.05, 4.69) is 22.6 Å². The smallest absolute Gasteiger partial charge is 0.270 e. The summed E-state index contributed by atoms with van der Waals surface area (Å²) in [5, 5.41) is 21.2. The molecule has 1 amide bonds. The Morgan fingerprint density at radius 3 is 2.89 bits per heavy atom. The summed E-state index contributed by atoms with van der Waals surface area (Å²) in [7, 11) is 1.60. The number of nitriles is 2. The Labute approximate surface area is 157 Å². The Balaban J connectivity index is 1.73. The van der Waals surface area contributed by atoms with Gasteiger partial charge >= 0.3 is 0 Å². The number of hydrogen-bond donors (Lipinski definition) is 1. The van der Waals surface area contributed by atoms with Crippen LogP contribution >= 0.6 is 0 Å². The maximum atomic E-state index is 12.6. The van der Waals surface area contributed by atoms with Crippen LogP contribution in [-0.4, -0.2) is 48.1 Å². The van der Waals surface area contributed by atoms with Crippen LogP contribution in [0.15, 0.2) is 42.6 Å². The molecule has 0 unspecified atom stereocenters. The molecule has 1 fully saturated rings. The zero-order chi connectivity index (χ0) is 19.2. The number of likely N-dealkylation sites (tertiary alicyclic amines) is 1. The summed E-state index contributed by atoms with van der Waals surface area (Å²) in [6.45, 7) is 0.906. The van der Waals surface area contributed by atoms with Crippen molar-refractivity contribution in [2.75, 3.05) is 20.3 Å². The predicted molar refractivity (Wildman–Crippen MR) is 98.2 cm³/mol. The van der Waals surface area contributed by atoms with E-state index in [1.807, 2.05) is 6.07 Å². The second-order valence-corrected chi connectivity index (χ2v) is 6.39. The normalized spacial score (nSPS) is 18.6. The second kappa shape index (κ2) is 8.31. The van der Waals surface area contributed by atoms with Crippen LogP contribution in [-0.2, 0) is 4.74 Å². The van der Waals surface area contributed by atoms with Crippen molar-refractivity contribution in [2.24, 2.45) is 0 Å². The van der Waals surface area contributed by atoms with Crippen LogP contribution in [0.2, 0.25) is 0 Å². The number of nitrogens with one attached hydrogen (secondary N) is 1. The molecule has 1 aliphatic heterocycles. The fourth-order valence-corrected chi connectivity index (χ4v) is 3.26. The molecular weight excluding hydrogens is 342 g/mol. The molecule has 0 spiro atoms. The van der Waals surface area contributed by atoms with Crippen molar-refractivity contribution < 1.29 is 9.53 Å². The summed E-state index contributed by atoms with van der Waals surface area (Å²) in [5.74, 6) is -0.283. The number of hydrogen-bond acceptors (Lipinski definition) is 6. The average Bonchev–Trinajstić information content (AvgIpc) is 3.09. The van der Waals surface area contributed by atoms with E-state index in [9.17, 15) is 10.1 Å². The molecule has 1 aromatic carbocycles. The molecule has 1 saturated heterocycles. The first-order chi connectivity index (χ1) is 13.1. The molecule has 2 atom stereocenters. The van der Waals surface area contributed by atoms with Gasteiger partial charge in [0.25, 0.3) is 5.91 Å². The van der Waals surface area contributed by atoms with Gasteiger partial charge in [0.1, 0.15) is 5.69 Å². The lowest BCUT2D eigenvalue weighted by molar-refractivity contribution is 0.0933. The van der Waals surface area contributed by atoms with Gasteiger partial charge in [-0.1, -0.05) is 12.1 Å². The highest BCUT2D eigenvalue weighted by Crippen LogP contribution is 2.21. The molecule has 0 radical (unpaired) electrons. The lowest BCUT2D eigenvalue weighted by Gasteiger charge is -2.15. The van der Waals surface area contributed by atoms with Gasteiger partial charge in [-0.3, -0.25) is 9.78 Å². The van der Waals surface area contributed by atoms with Gasteiger partial charge in [-0.15, -0.1) is 0 Å². The summed E-state index contributed by atoms with van der Waals surface area (Å²) in [6.07, 6.45) is 4.37. The number of benzene rings is 1. The summed E-state index contributed by atoms with van der Waals surface area (Å²) in [5.41, 5.74) is 2.52. The minimum absolute atomic E-state index is 0.0293. The number of pyridine rings is 1. The first kappa shape index (κ1) is 18.4. The highest BCUT2D eigenvalue weighted by atomic mass is 16.5. The van der Waals surface area contributed by atoms with E-state index in [0.29, 0.717) is 30.8 Å². The Bertz CT molecular complexity index is 915. The fraction of sp³-hybridized carbons (Fsp3) is 0.300. The topological polar surface area (TPSA) is 102 Å². The van der Waals surface area contributed by atoms with Crippen LogP contribution < -0.4 is 5.32 Å². The molecule has 7 heteroatoms. The molecule has 0 saturated carbocycles. The minimum Gasteiger partial charge on any atom is -0.383 e. The van der Waals surface area contributed by atoms with E-state index in [4.69, 9.17) is 10.00 Å². The van der Waals surface area contributed by atoms with E-state index < -0.39 is 0 Å². The van der Waals surface area contributed by atoms with Gasteiger partial charge in [0, 0.05) is 25.9 Å². The third-order valence-corrected chi connectivity index (χ3v) is 4.55. The van der Waals surface area contributed by atoms with Crippen LogP contribution in [0.1, 0.15) is 22.5 Å². The molecule has 0 bridgehead atoms. The largest absolute Gasteiger partial charge is 0.383 e. The van der Waals surface area contributed by atoms with Crippen molar-refractivity contribution in [3.63, 3.8) is 0 Å². The third kappa shape index (κ3) is 4.22. The molecule has 2 aromatic rings. The summed E-state index contributed by atoms with van der Waals surface area (Å²) >= 11 is 0. The van der Waals surface area contributed by atoms with Crippen molar-refractivity contribution >= 4 is 5.91 Å². The zero-order valence-electron chi connectivity index (χ0n) is 14.9. The number of carbonyl (C=O) groups excluding carboxylic acids is 1. The molecule has 136 valence electrons. The summed E-state index contributed by atoms with van der Waals surface area (Å²) in [4.78, 5) is 18.4. The lowest BCUT2D eigenvalue weighted by Crippen LogP contribution is -2.36. The van der Waals surface area contributed by atoms with Gasteiger partial charge in [-0.25, -0.2) is 0 Å². The van der Waals surface area contributed by atoms with Gasteiger partial charge in [-0.05, 0) is 41.8 Å². The van der Waals surface area contributed by atoms with Crippen LogP contribution in [0.3, 0.4) is 0 Å². The van der Waals surface area contributed by atoms with Gasteiger partial charge < -0.3 is 15.0 Å². The molecule has 1 aromatic heterocycles. The second-order valence-electron chi connectivity index (χ2n) is 6.39. The standard InChI is InChI=1S/C20H19N5O2/c1-27-12-18-9-17(11-25(18)13-22)24-20(26)19-8-16(5-6-23-19)15-4-2-3-14(7-15)10-21/h2-8,17-18H,9,11-12H2,1H3,(H,24,26)/t17-,18+/m1/s1. The molecule has 7 nitrogen and oxygen atoms in total. The van der Waals surface area contributed by atoms with E-state index in [-0.39, 0.29) is 18.0 Å². The fourth-order valence-electron chi connectivity index (χ4n) is 3.26. The van der Waals surface area contributed by atoms with Crippen LogP contribution in [0.25, 0.3) is 11.1 Å². The van der Waals surface area contributed by atoms with Crippen LogP contribution in [0.4, 0.5) is 0 Å². The average molecular weight is 361 g/mol. The molecule has 1 aliphatic rings. The van der Waals surface area contributed by atoms with Crippen molar-refractivity contribution in [1.82, 2.24) is 15.2 Å². The number of ether oxygens (including phenoxy) is 1. The maximum Gasteiger partial charge on any atom is 0.270 e. The van der Waals surface area contributed by atoms with Gasteiger partial charge in [0.05, 0.1) is 24.3 Å². The highest BCUT2D eigenvalue weighted by molar-refractivity contribution is 5.93. The Kier molecular flexibility index (Phi) is 5.65. The van der Waals surface area contributed by atoms with Crippen molar-refractivity contribution in [3.8, 4) is 23.4 Å². The number of amides is 1. The van der Waals surface area contributed by atoms with Crippen LogP contribution in [0.5, 0.6) is 0 Å².